The Kier molecular flexibility index (Phi) is 4.01. The molecule has 1 aromatic carbocycles. The van der Waals surface area contributed by atoms with Crippen LogP contribution >= 0.6 is 0 Å². The molecule has 1 aromatic heterocycles. The van der Waals surface area contributed by atoms with Gasteiger partial charge in [-0.05, 0) is 47.9 Å². The van der Waals surface area contributed by atoms with E-state index in [1.165, 1.54) is 4.31 Å². The van der Waals surface area contributed by atoms with E-state index < -0.39 is 10.2 Å². The van der Waals surface area contributed by atoms with E-state index in [0.29, 0.717) is 31.5 Å². The minimum Gasteiger partial charge on any atom is -0.461 e. The molecule has 1 saturated heterocycles. The Bertz CT molecular complexity index is 844. The van der Waals surface area contributed by atoms with Gasteiger partial charge in [-0.3, -0.25) is 0 Å². The molecule has 2 aromatic rings. The molecule has 1 aliphatic carbocycles. The fourth-order valence-electron chi connectivity index (χ4n) is 3.61. The van der Waals surface area contributed by atoms with E-state index in [-0.39, 0.29) is 11.4 Å². The van der Waals surface area contributed by atoms with Crippen LogP contribution in [-0.2, 0) is 10.2 Å². The fourth-order valence-corrected chi connectivity index (χ4v) is 4.30. The third kappa shape index (κ3) is 3.39. The van der Waals surface area contributed by atoms with Crippen molar-refractivity contribution in [3.05, 3.63) is 30.3 Å². The molecular formula is C16H20N4O4S. The van der Waals surface area contributed by atoms with Crippen LogP contribution in [0.3, 0.4) is 0 Å². The highest BCUT2D eigenvalue weighted by molar-refractivity contribution is 7.86. The summed E-state index contributed by atoms with van der Waals surface area (Å²) in [6.07, 6.45) is 2.67. The molecule has 1 atom stereocenters. The highest BCUT2D eigenvalue weighted by Crippen LogP contribution is 2.59. The molecule has 2 heterocycles. The largest absolute Gasteiger partial charge is 0.461 e. The lowest BCUT2D eigenvalue weighted by Crippen LogP contribution is -2.43. The van der Waals surface area contributed by atoms with Gasteiger partial charge in [0.05, 0.1) is 6.61 Å². The van der Waals surface area contributed by atoms with Crippen molar-refractivity contribution in [2.24, 2.45) is 16.5 Å². The van der Waals surface area contributed by atoms with Gasteiger partial charge in [0.15, 0.2) is 0 Å². The van der Waals surface area contributed by atoms with Crippen molar-refractivity contribution >= 4 is 10.2 Å². The Labute approximate surface area is 146 Å². The summed E-state index contributed by atoms with van der Waals surface area (Å²) in [6.45, 7) is 1.48. The molecule has 1 spiro atoms. The molecule has 1 aliphatic heterocycles. The van der Waals surface area contributed by atoms with E-state index in [0.717, 1.165) is 24.8 Å². The predicted molar refractivity (Wildman–Crippen MR) is 89.7 cm³/mol. The van der Waals surface area contributed by atoms with Gasteiger partial charge < -0.3 is 9.26 Å². The first-order valence-electron chi connectivity index (χ1n) is 8.26. The monoisotopic (exact) mass is 364 g/mol. The van der Waals surface area contributed by atoms with Crippen LogP contribution in [0.5, 0.6) is 6.01 Å². The van der Waals surface area contributed by atoms with Crippen LogP contribution in [0.15, 0.2) is 34.9 Å². The van der Waals surface area contributed by atoms with Gasteiger partial charge in [-0.2, -0.15) is 17.7 Å². The Morgan fingerprint density at radius 2 is 2.00 bits per heavy atom. The van der Waals surface area contributed by atoms with Gasteiger partial charge in [0.25, 0.3) is 16.1 Å². The van der Waals surface area contributed by atoms with Crippen molar-refractivity contribution in [3.63, 3.8) is 0 Å². The molecule has 8 nitrogen and oxygen atoms in total. The molecule has 25 heavy (non-hydrogen) atoms. The van der Waals surface area contributed by atoms with Crippen molar-refractivity contribution in [1.82, 2.24) is 14.4 Å². The highest BCUT2D eigenvalue weighted by Gasteiger charge is 2.55. The molecule has 4 rings (SSSR count). The number of rotatable bonds is 5. The average molecular weight is 364 g/mol. The van der Waals surface area contributed by atoms with E-state index in [2.05, 4.69) is 10.1 Å². The minimum absolute atomic E-state index is 0.174. The van der Waals surface area contributed by atoms with E-state index in [4.69, 9.17) is 14.4 Å². The summed E-state index contributed by atoms with van der Waals surface area (Å²) in [4.78, 5) is 4.25. The Morgan fingerprint density at radius 3 is 2.68 bits per heavy atom. The molecule has 0 unspecified atom stereocenters. The average Bonchev–Trinajstić information content (AvgIpc) is 3.05. The third-order valence-electron chi connectivity index (χ3n) is 5.28. The lowest BCUT2D eigenvalue weighted by molar-refractivity contribution is 0.198. The van der Waals surface area contributed by atoms with Crippen LogP contribution in [0.2, 0.25) is 0 Å². The SMILES string of the molecule is NS(=O)(=O)N1CCC2(CC1)C[C@H]2COc1noc(-c2ccccc2)n1. The maximum atomic E-state index is 11.4. The van der Waals surface area contributed by atoms with Gasteiger partial charge in [-0.1, -0.05) is 18.2 Å². The second-order valence-corrected chi connectivity index (χ2v) is 8.31. The first kappa shape index (κ1) is 16.5. The second-order valence-electron chi connectivity index (χ2n) is 6.77. The normalized spacial score (nSPS) is 22.8. The molecule has 0 amide bonds. The van der Waals surface area contributed by atoms with E-state index in [1.807, 2.05) is 30.3 Å². The van der Waals surface area contributed by atoms with Crippen molar-refractivity contribution < 1.29 is 17.7 Å². The zero-order valence-electron chi connectivity index (χ0n) is 13.7. The zero-order valence-corrected chi connectivity index (χ0v) is 14.5. The van der Waals surface area contributed by atoms with Crippen LogP contribution in [0.25, 0.3) is 11.5 Å². The summed E-state index contributed by atoms with van der Waals surface area (Å²) in [5, 5.41) is 9.04. The number of nitrogens with two attached hydrogens (primary N) is 1. The van der Waals surface area contributed by atoms with Gasteiger partial charge in [-0.15, -0.1) is 0 Å². The molecule has 2 aliphatic rings. The number of piperidine rings is 1. The quantitative estimate of drug-likeness (QED) is 0.859. The minimum atomic E-state index is -3.57. The van der Waals surface area contributed by atoms with E-state index in [9.17, 15) is 8.42 Å². The molecule has 0 radical (unpaired) electrons. The van der Waals surface area contributed by atoms with E-state index >= 15 is 0 Å². The van der Waals surface area contributed by atoms with Crippen molar-refractivity contribution in [2.75, 3.05) is 19.7 Å². The lowest BCUT2D eigenvalue weighted by atomic mass is 9.92. The van der Waals surface area contributed by atoms with Crippen LogP contribution in [-0.4, -0.2) is 42.6 Å². The Morgan fingerprint density at radius 1 is 1.28 bits per heavy atom. The summed E-state index contributed by atoms with van der Waals surface area (Å²) in [5.41, 5.74) is 1.02. The first-order chi connectivity index (χ1) is 12.0. The maximum absolute atomic E-state index is 11.4. The summed E-state index contributed by atoms with van der Waals surface area (Å²) in [6, 6.07) is 9.76. The standard InChI is InChI=1S/C16H20N4O4S/c17-25(21,22)20-8-6-16(7-9-20)10-13(16)11-23-15-18-14(24-19-15)12-4-2-1-3-5-12/h1-5,13H,6-11H2,(H2,17,21,22)/t13-/m0/s1. The zero-order chi connectivity index (χ0) is 17.5. The summed E-state index contributed by atoms with van der Waals surface area (Å²) in [7, 11) is -3.57. The topological polar surface area (TPSA) is 112 Å². The first-order valence-corrected chi connectivity index (χ1v) is 9.76. The number of ether oxygens (including phenoxy) is 1. The van der Waals surface area contributed by atoms with Gasteiger partial charge in [0, 0.05) is 18.7 Å². The lowest BCUT2D eigenvalue weighted by Gasteiger charge is -2.30. The van der Waals surface area contributed by atoms with E-state index in [1.54, 1.807) is 0 Å². The number of nitrogens with zero attached hydrogens (tertiary/aromatic N) is 3. The van der Waals surface area contributed by atoms with Crippen LogP contribution in [0.4, 0.5) is 0 Å². The number of aromatic nitrogens is 2. The highest BCUT2D eigenvalue weighted by atomic mass is 32.2. The predicted octanol–water partition coefficient (Wildman–Crippen LogP) is 1.42. The van der Waals surface area contributed by atoms with Crippen molar-refractivity contribution in [3.8, 4) is 17.5 Å². The maximum Gasteiger partial charge on any atom is 0.354 e. The number of benzene rings is 1. The number of hydrogen-bond acceptors (Lipinski definition) is 6. The summed E-state index contributed by atoms with van der Waals surface area (Å²) < 4.78 is 35.0. The molecule has 2 fully saturated rings. The second kappa shape index (κ2) is 6.08. The third-order valence-corrected chi connectivity index (χ3v) is 6.36. The Hall–Kier alpha value is -1.97. The summed E-state index contributed by atoms with van der Waals surface area (Å²) in [5.74, 6) is 0.830. The number of hydrogen-bond donors (Lipinski definition) is 1. The van der Waals surface area contributed by atoms with Gasteiger partial charge in [0.2, 0.25) is 0 Å². The Balaban J connectivity index is 1.30. The van der Waals surface area contributed by atoms with Crippen LogP contribution in [0.1, 0.15) is 19.3 Å². The molecular weight excluding hydrogens is 344 g/mol. The van der Waals surface area contributed by atoms with Gasteiger partial charge in [0.1, 0.15) is 0 Å². The van der Waals surface area contributed by atoms with Crippen LogP contribution < -0.4 is 9.88 Å². The molecule has 2 N–H and O–H groups in total. The smallest absolute Gasteiger partial charge is 0.354 e. The molecule has 1 saturated carbocycles. The van der Waals surface area contributed by atoms with Gasteiger partial charge in [-0.25, -0.2) is 5.14 Å². The summed E-state index contributed by atoms with van der Waals surface area (Å²) >= 11 is 0. The van der Waals surface area contributed by atoms with Crippen molar-refractivity contribution in [1.29, 1.82) is 0 Å². The fraction of sp³-hybridized carbons (Fsp3) is 0.500. The van der Waals surface area contributed by atoms with Crippen molar-refractivity contribution in [2.45, 2.75) is 19.3 Å². The van der Waals surface area contributed by atoms with Gasteiger partial charge >= 0.3 is 6.01 Å². The van der Waals surface area contributed by atoms with Crippen LogP contribution in [0, 0.1) is 11.3 Å². The molecule has 9 heteroatoms. The molecule has 0 bridgehead atoms. The molecule has 134 valence electrons.